The van der Waals surface area contributed by atoms with Crippen LogP contribution < -0.4 is 5.73 Å². The Hall–Kier alpha value is -0.540. The minimum Gasteiger partial charge on any atom is -0.330 e. The third kappa shape index (κ3) is 4.22. The second kappa shape index (κ2) is 7.30. The van der Waals surface area contributed by atoms with Gasteiger partial charge >= 0.3 is 0 Å². The molecule has 0 bridgehead atoms. The number of hydrogen-bond donors (Lipinski definition) is 1. The van der Waals surface area contributed by atoms with E-state index in [1.807, 2.05) is 17.8 Å². The lowest BCUT2D eigenvalue weighted by Crippen LogP contribution is -2.32. The highest BCUT2D eigenvalue weighted by Crippen LogP contribution is 2.40. The summed E-state index contributed by atoms with van der Waals surface area (Å²) in [5.41, 5.74) is 5.91. The van der Waals surface area contributed by atoms with Crippen molar-refractivity contribution in [3.63, 3.8) is 0 Å². The molecule has 106 valence electrons. The van der Waals surface area contributed by atoms with Gasteiger partial charge in [-0.3, -0.25) is 0 Å². The SMILES string of the molecule is CCCC1CCC(CN)C(Sc2cccc(F)c2)C1. The molecule has 0 amide bonds. The average Bonchev–Trinajstić information content (AvgIpc) is 2.39. The molecule has 2 N–H and O–H groups in total. The molecule has 0 aromatic heterocycles. The van der Waals surface area contributed by atoms with Crippen molar-refractivity contribution < 1.29 is 4.39 Å². The second-order valence-corrected chi connectivity index (χ2v) is 6.89. The van der Waals surface area contributed by atoms with Gasteiger partial charge in [-0.2, -0.15) is 0 Å². The summed E-state index contributed by atoms with van der Waals surface area (Å²) in [6, 6.07) is 6.94. The van der Waals surface area contributed by atoms with Crippen molar-refractivity contribution in [3.8, 4) is 0 Å². The Labute approximate surface area is 120 Å². The highest BCUT2D eigenvalue weighted by Gasteiger charge is 2.29. The molecule has 0 saturated heterocycles. The van der Waals surface area contributed by atoms with E-state index in [1.165, 1.54) is 38.2 Å². The summed E-state index contributed by atoms with van der Waals surface area (Å²) in [5, 5.41) is 0.553. The smallest absolute Gasteiger partial charge is 0.124 e. The summed E-state index contributed by atoms with van der Waals surface area (Å²) in [5.74, 6) is 1.27. The molecule has 0 spiro atoms. The third-order valence-corrected chi connectivity index (χ3v) is 5.53. The minimum atomic E-state index is -0.143. The van der Waals surface area contributed by atoms with E-state index in [0.29, 0.717) is 11.2 Å². The van der Waals surface area contributed by atoms with Gasteiger partial charge in [-0.25, -0.2) is 4.39 Å². The summed E-state index contributed by atoms with van der Waals surface area (Å²) in [6.45, 7) is 3.01. The van der Waals surface area contributed by atoms with E-state index in [9.17, 15) is 4.39 Å². The van der Waals surface area contributed by atoms with Crippen LogP contribution in [0.2, 0.25) is 0 Å². The first-order chi connectivity index (χ1) is 9.22. The molecule has 1 fully saturated rings. The van der Waals surface area contributed by atoms with E-state index in [1.54, 1.807) is 12.1 Å². The van der Waals surface area contributed by atoms with Crippen molar-refractivity contribution >= 4 is 11.8 Å². The Kier molecular flexibility index (Phi) is 5.71. The van der Waals surface area contributed by atoms with Gasteiger partial charge in [0.05, 0.1) is 0 Å². The van der Waals surface area contributed by atoms with Gasteiger partial charge in [0.25, 0.3) is 0 Å². The van der Waals surface area contributed by atoms with E-state index in [4.69, 9.17) is 5.73 Å². The number of halogens is 1. The Morgan fingerprint density at radius 2 is 2.21 bits per heavy atom. The van der Waals surface area contributed by atoms with Gasteiger partial charge in [-0.1, -0.05) is 32.3 Å². The Bertz CT molecular complexity index is 396. The highest BCUT2D eigenvalue weighted by molar-refractivity contribution is 8.00. The van der Waals surface area contributed by atoms with Crippen molar-refractivity contribution in [3.05, 3.63) is 30.1 Å². The number of hydrogen-bond acceptors (Lipinski definition) is 2. The Balaban J connectivity index is 2.01. The van der Waals surface area contributed by atoms with Crippen LogP contribution in [0.1, 0.15) is 39.0 Å². The number of rotatable bonds is 5. The Morgan fingerprint density at radius 1 is 1.37 bits per heavy atom. The molecule has 0 aliphatic heterocycles. The van der Waals surface area contributed by atoms with Gasteiger partial charge in [0.2, 0.25) is 0 Å². The predicted molar refractivity (Wildman–Crippen MR) is 80.8 cm³/mol. The van der Waals surface area contributed by atoms with Crippen molar-refractivity contribution in [2.45, 2.75) is 49.2 Å². The van der Waals surface area contributed by atoms with Crippen LogP contribution in [0.15, 0.2) is 29.2 Å². The number of thioether (sulfide) groups is 1. The van der Waals surface area contributed by atoms with Gasteiger partial charge in [-0.05, 0) is 49.4 Å². The quantitative estimate of drug-likeness (QED) is 0.862. The monoisotopic (exact) mass is 281 g/mol. The lowest BCUT2D eigenvalue weighted by Gasteiger charge is -2.35. The van der Waals surface area contributed by atoms with Gasteiger partial charge in [0.1, 0.15) is 5.82 Å². The highest BCUT2D eigenvalue weighted by atomic mass is 32.2. The minimum absolute atomic E-state index is 0.143. The van der Waals surface area contributed by atoms with Crippen LogP contribution in [0.4, 0.5) is 4.39 Å². The van der Waals surface area contributed by atoms with Gasteiger partial charge in [0.15, 0.2) is 0 Å². The first-order valence-corrected chi connectivity index (χ1v) is 8.23. The van der Waals surface area contributed by atoms with Crippen molar-refractivity contribution in [1.29, 1.82) is 0 Å². The van der Waals surface area contributed by atoms with Crippen LogP contribution >= 0.6 is 11.8 Å². The first kappa shape index (κ1) is 14.9. The van der Waals surface area contributed by atoms with E-state index in [2.05, 4.69) is 6.92 Å². The summed E-state index contributed by atoms with van der Waals surface area (Å²) < 4.78 is 13.3. The molecule has 1 aromatic rings. The summed E-state index contributed by atoms with van der Waals surface area (Å²) in [7, 11) is 0. The molecule has 0 heterocycles. The zero-order valence-electron chi connectivity index (χ0n) is 11.6. The van der Waals surface area contributed by atoms with Crippen LogP contribution in [0.25, 0.3) is 0 Å². The molecular formula is C16H24FNS. The van der Waals surface area contributed by atoms with Crippen molar-refractivity contribution in [2.75, 3.05) is 6.54 Å². The lowest BCUT2D eigenvalue weighted by atomic mass is 9.80. The summed E-state index contributed by atoms with van der Waals surface area (Å²) in [4.78, 5) is 1.04. The zero-order valence-corrected chi connectivity index (χ0v) is 12.5. The Morgan fingerprint density at radius 3 is 2.89 bits per heavy atom. The lowest BCUT2D eigenvalue weighted by molar-refractivity contribution is 0.276. The summed E-state index contributed by atoms with van der Waals surface area (Å²) >= 11 is 1.82. The maximum Gasteiger partial charge on any atom is 0.124 e. The van der Waals surface area contributed by atoms with E-state index >= 15 is 0 Å². The van der Waals surface area contributed by atoms with Gasteiger partial charge in [0, 0.05) is 10.1 Å². The molecule has 3 unspecified atom stereocenters. The van der Waals surface area contributed by atoms with Gasteiger partial charge < -0.3 is 5.73 Å². The third-order valence-electron chi connectivity index (χ3n) is 4.12. The van der Waals surface area contributed by atoms with Crippen LogP contribution in [0.3, 0.4) is 0 Å². The largest absolute Gasteiger partial charge is 0.330 e. The molecule has 1 aromatic carbocycles. The van der Waals surface area contributed by atoms with Crippen LogP contribution in [0.5, 0.6) is 0 Å². The fraction of sp³-hybridized carbons (Fsp3) is 0.625. The standard InChI is InChI=1S/C16H24FNS/c1-2-4-12-7-8-13(11-18)16(9-12)19-15-6-3-5-14(17)10-15/h3,5-6,10,12-13,16H,2,4,7-9,11,18H2,1H3. The van der Waals surface area contributed by atoms with Gasteiger partial charge in [-0.15, -0.1) is 11.8 Å². The molecule has 1 nitrogen and oxygen atoms in total. The first-order valence-electron chi connectivity index (χ1n) is 7.35. The number of benzene rings is 1. The second-order valence-electron chi connectivity index (χ2n) is 5.58. The fourth-order valence-electron chi connectivity index (χ4n) is 3.07. The molecule has 3 heteroatoms. The van der Waals surface area contributed by atoms with Crippen LogP contribution in [-0.4, -0.2) is 11.8 Å². The van der Waals surface area contributed by atoms with Crippen LogP contribution in [0, 0.1) is 17.7 Å². The van der Waals surface area contributed by atoms with Crippen LogP contribution in [-0.2, 0) is 0 Å². The molecule has 2 rings (SSSR count). The summed E-state index contributed by atoms with van der Waals surface area (Å²) in [6.07, 6.45) is 6.35. The zero-order chi connectivity index (χ0) is 13.7. The molecule has 1 saturated carbocycles. The maximum absolute atomic E-state index is 13.3. The molecule has 0 radical (unpaired) electrons. The van der Waals surface area contributed by atoms with E-state index < -0.39 is 0 Å². The molecular weight excluding hydrogens is 257 g/mol. The fourth-order valence-corrected chi connectivity index (χ4v) is 4.57. The van der Waals surface area contributed by atoms with Crippen molar-refractivity contribution in [2.24, 2.45) is 17.6 Å². The molecule has 3 atom stereocenters. The maximum atomic E-state index is 13.3. The number of nitrogens with two attached hydrogens (primary N) is 1. The predicted octanol–water partition coefficient (Wildman–Crippen LogP) is 4.46. The van der Waals surface area contributed by atoms with E-state index in [-0.39, 0.29) is 5.82 Å². The average molecular weight is 281 g/mol. The normalized spacial score (nSPS) is 27.4. The van der Waals surface area contributed by atoms with Crippen molar-refractivity contribution in [1.82, 2.24) is 0 Å². The molecule has 19 heavy (non-hydrogen) atoms. The molecule has 1 aliphatic carbocycles. The van der Waals surface area contributed by atoms with E-state index in [0.717, 1.165) is 17.4 Å². The molecule has 1 aliphatic rings. The topological polar surface area (TPSA) is 26.0 Å².